The van der Waals surface area contributed by atoms with Gasteiger partial charge < -0.3 is 14.9 Å². The van der Waals surface area contributed by atoms with E-state index in [2.05, 4.69) is 4.99 Å². The van der Waals surface area contributed by atoms with Gasteiger partial charge in [-0.05, 0) is 24.3 Å². The largest absolute Gasteiger partial charge is 0.508 e. The molecule has 1 atom stereocenters. The van der Waals surface area contributed by atoms with Crippen molar-refractivity contribution in [3.63, 3.8) is 0 Å². The Hall–Kier alpha value is -2.04. The fourth-order valence-electron chi connectivity index (χ4n) is 1.26. The van der Waals surface area contributed by atoms with Crippen LogP contribution in [0.15, 0.2) is 29.3 Å². The minimum atomic E-state index is -0.997. The number of carbonyl (C=O) groups is 1. The molecule has 0 bridgehead atoms. The van der Waals surface area contributed by atoms with E-state index in [0.29, 0.717) is 11.5 Å². The first-order valence-corrected chi connectivity index (χ1v) is 4.39. The molecule has 5 nitrogen and oxygen atoms in total. The maximum Gasteiger partial charge on any atom is 0.332 e. The molecule has 0 aliphatic carbocycles. The summed E-state index contributed by atoms with van der Waals surface area (Å²) in [6.45, 7) is 0.0611. The topological polar surface area (TPSA) is 79.1 Å². The number of rotatable bonds is 2. The number of phenols is 1. The summed E-state index contributed by atoms with van der Waals surface area (Å²) in [6, 6.07) is 5.41. The molecule has 5 heteroatoms. The number of aliphatic imine (C=N–C) groups is 1. The van der Waals surface area contributed by atoms with Crippen LogP contribution in [0.4, 0.5) is 0 Å². The van der Waals surface area contributed by atoms with Crippen molar-refractivity contribution in [1.29, 1.82) is 0 Å². The van der Waals surface area contributed by atoms with Gasteiger partial charge in [-0.25, -0.2) is 9.79 Å². The van der Waals surface area contributed by atoms with E-state index in [0.717, 1.165) is 0 Å². The number of aromatic hydroxyl groups is 1. The Balaban J connectivity index is 2.22. The first-order chi connectivity index (χ1) is 7.16. The number of carboxylic acids is 1. The fraction of sp³-hybridized carbons (Fsp3) is 0.200. The first-order valence-electron chi connectivity index (χ1n) is 4.39. The molecule has 0 saturated heterocycles. The van der Waals surface area contributed by atoms with Crippen LogP contribution in [0.5, 0.6) is 5.75 Å². The van der Waals surface area contributed by atoms with Gasteiger partial charge >= 0.3 is 5.97 Å². The SMILES string of the molecule is O=C(O)C1COC(c2ccc(O)cc2)=N1. The van der Waals surface area contributed by atoms with Crippen LogP contribution in [-0.4, -0.2) is 34.7 Å². The highest BCUT2D eigenvalue weighted by Crippen LogP contribution is 2.15. The standard InChI is InChI=1S/C10H9NO4/c12-7-3-1-6(2-4-7)9-11-8(5-15-9)10(13)14/h1-4,8,12H,5H2,(H,13,14). The summed E-state index contributed by atoms with van der Waals surface area (Å²) < 4.78 is 5.14. The van der Waals surface area contributed by atoms with Crippen LogP contribution in [0.25, 0.3) is 0 Å². The Morgan fingerprint density at radius 2 is 2.07 bits per heavy atom. The average molecular weight is 207 g/mol. The van der Waals surface area contributed by atoms with Gasteiger partial charge in [0, 0.05) is 5.56 Å². The average Bonchev–Trinajstić information content (AvgIpc) is 2.68. The van der Waals surface area contributed by atoms with E-state index >= 15 is 0 Å². The van der Waals surface area contributed by atoms with Crippen molar-refractivity contribution in [2.45, 2.75) is 6.04 Å². The Kier molecular flexibility index (Phi) is 2.29. The van der Waals surface area contributed by atoms with Gasteiger partial charge in [0.25, 0.3) is 0 Å². The zero-order valence-electron chi connectivity index (χ0n) is 7.75. The second-order valence-corrected chi connectivity index (χ2v) is 3.15. The smallest absolute Gasteiger partial charge is 0.332 e. The molecular weight excluding hydrogens is 198 g/mol. The number of carboxylic acid groups (broad SMARTS) is 1. The number of ether oxygens (including phenoxy) is 1. The summed E-state index contributed by atoms with van der Waals surface area (Å²) in [5, 5.41) is 17.8. The molecule has 0 radical (unpaired) electrons. The normalized spacial score (nSPS) is 19.5. The van der Waals surface area contributed by atoms with Gasteiger partial charge in [0.05, 0.1) is 0 Å². The van der Waals surface area contributed by atoms with Crippen LogP contribution < -0.4 is 0 Å². The number of hydrogen-bond acceptors (Lipinski definition) is 4. The Labute approximate surface area is 85.6 Å². The van der Waals surface area contributed by atoms with E-state index in [4.69, 9.17) is 14.9 Å². The van der Waals surface area contributed by atoms with Crippen LogP contribution in [0.2, 0.25) is 0 Å². The van der Waals surface area contributed by atoms with E-state index in [-0.39, 0.29) is 12.4 Å². The van der Waals surface area contributed by atoms with Crippen molar-refractivity contribution in [3.8, 4) is 5.75 Å². The molecule has 1 aliphatic heterocycles. The van der Waals surface area contributed by atoms with E-state index in [1.807, 2.05) is 0 Å². The highest BCUT2D eigenvalue weighted by atomic mass is 16.5. The molecule has 0 aromatic heterocycles. The summed E-state index contributed by atoms with van der Waals surface area (Å²) in [5.74, 6) is -0.543. The predicted molar refractivity (Wildman–Crippen MR) is 52.0 cm³/mol. The van der Waals surface area contributed by atoms with E-state index in [9.17, 15) is 4.79 Å². The number of hydrogen-bond donors (Lipinski definition) is 2. The highest BCUT2D eigenvalue weighted by Gasteiger charge is 2.25. The molecule has 1 aromatic rings. The molecular formula is C10H9NO4. The molecule has 0 spiro atoms. The Morgan fingerprint density at radius 1 is 1.40 bits per heavy atom. The predicted octanol–water partition coefficient (Wildman–Crippen LogP) is 0.622. The van der Waals surface area contributed by atoms with Crippen LogP contribution in [-0.2, 0) is 9.53 Å². The first kappa shape index (κ1) is 9.51. The van der Waals surface area contributed by atoms with E-state index in [1.54, 1.807) is 12.1 Å². The minimum absolute atomic E-state index is 0.0611. The lowest BCUT2D eigenvalue weighted by atomic mass is 10.2. The van der Waals surface area contributed by atoms with Crippen LogP contribution >= 0.6 is 0 Å². The van der Waals surface area contributed by atoms with Crippen LogP contribution in [0.3, 0.4) is 0 Å². The zero-order valence-corrected chi connectivity index (χ0v) is 7.75. The van der Waals surface area contributed by atoms with E-state index in [1.165, 1.54) is 12.1 Å². The van der Waals surface area contributed by atoms with Crippen LogP contribution in [0.1, 0.15) is 5.56 Å². The van der Waals surface area contributed by atoms with Gasteiger partial charge in [-0.2, -0.15) is 0 Å². The van der Waals surface area contributed by atoms with Crippen molar-refractivity contribution >= 4 is 11.9 Å². The van der Waals surface area contributed by atoms with Crippen molar-refractivity contribution in [2.24, 2.45) is 4.99 Å². The molecule has 1 aromatic carbocycles. The van der Waals surface area contributed by atoms with Crippen molar-refractivity contribution in [2.75, 3.05) is 6.61 Å². The molecule has 78 valence electrons. The lowest BCUT2D eigenvalue weighted by molar-refractivity contribution is -0.138. The van der Waals surface area contributed by atoms with Crippen molar-refractivity contribution in [3.05, 3.63) is 29.8 Å². The zero-order chi connectivity index (χ0) is 10.8. The second kappa shape index (κ2) is 3.61. The maximum atomic E-state index is 10.6. The van der Waals surface area contributed by atoms with E-state index < -0.39 is 12.0 Å². The van der Waals surface area contributed by atoms with Crippen molar-refractivity contribution < 1.29 is 19.7 Å². The Morgan fingerprint density at radius 3 is 2.60 bits per heavy atom. The van der Waals surface area contributed by atoms with Gasteiger partial charge in [-0.3, -0.25) is 0 Å². The number of nitrogens with zero attached hydrogens (tertiary/aromatic N) is 1. The second-order valence-electron chi connectivity index (χ2n) is 3.15. The molecule has 0 amide bonds. The number of aliphatic carboxylic acids is 1. The summed E-state index contributed by atoms with van der Waals surface area (Å²) in [6.07, 6.45) is 0. The van der Waals surface area contributed by atoms with Crippen LogP contribution in [0, 0.1) is 0 Å². The number of phenolic OH excluding ortho intramolecular Hbond substituents is 1. The molecule has 15 heavy (non-hydrogen) atoms. The maximum absolute atomic E-state index is 10.6. The summed E-state index contributed by atoms with van der Waals surface area (Å²) >= 11 is 0. The molecule has 1 aliphatic rings. The molecule has 2 N–H and O–H groups in total. The summed E-state index contributed by atoms with van der Waals surface area (Å²) in [5.41, 5.74) is 0.663. The van der Waals surface area contributed by atoms with Gasteiger partial charge in [0.1, 0.15) is 12.4 Å². The Bertz CT molecular complexity index is 410. The van der Waals surface area contributed by atoms with Gasteiger partial charge in [0.2, 0.25) is 5.90 Å². The lowest BCUT2D eigenvalue weighted by Crippen LogP contribution is -2.18. The highest BCUT2D eigenvalue weighted by molar-refractivity contribution is 5.97. The summed E-state index contributed by atoms with van der Waals surface area (Å²) in [7, 11) is 0. The third kappa shape index (κ3) is 1.90. The lowest BCUT2D eigenvalue weighted by Gasteiger charge is -2.00. The van der Waals surface area contributed by atoms with Gasteiger partial charge in [-0.15, -0.1) is 0 Å². The van der Waals surface area contributed by atoms with Crippen molar-refractivity contribution in [1.82, 2.24) is 0 Å². The number of benzene rings is 1. The molecule has 1 heterocycles. The minimum Gasteiger partial charge on any atom is -0.508 e. The quantitative estimate of drug-likeness (QED) is 0.745. The third-order valence-electron chi connectivity index (χ3n) is 2.05. The van der Waals surface area contributed by atoms with Gasteiger partial charge in [-0.1, -0.05) is 0 Å². The monoisotopic (exact) mass is 207 g/mol. The van der Waals surface area contributed by atoms with Gasteiger partial charge in [0.15, 0.2) is 6.04 Å². The third-order valence-corrected chi connectivity index (χ3v) is 2.05. The molecule has 0 saturated carbocycles. The fourth-order valence-corrected chi connectivity index (χ4v) is 1.26. The molecule has 0 fully saturated rings. The summed E-state index contributed by atoms with van der Waals surface area (Å²) in [4.78, 5) is 14.5. The molecule has 2 rings (SSSR count). The molecule has 1 unspecified atom stereocenters.